The molecule has 3 aliphatic rings. The van der Waals surface area contributed by atoms with Gasteiger partial charge in [0.25, 0.3) is 0 Å². The van der Waals surface area contributed by atoms with Crippen LogP contribution in [0.4, 0.5) is 0 Å². The minimum absolute atomic E-state index is 0.106. The van der Waals surface area contributed by atoms with Crippen LogP contribution in [0.15, 0.2) is 23.3 Å². The maximum absolute atomic E-state index is 3.67. The molecule has 0 radical (unpaired) electrons. The van der Waals surface area contributed by atoms with Crippen LogP contribution in [0.1, 0.15) is 73.6 Å². The van der Waals surface area contributed by atoms with Crippen molar-refractivity contribution in [3.63, 3.8) is 0 Å². The van der Waals surface area contributed by atoms with Crippen molar-refractivity contribution in [3.05, 3.63) is 23.3 Å². The normalized spacial score (nSPS) is 28.0. The highest BCUT2D eigenvalue weighted by molar-refractivity contribution is 7.61. The van der Waals surface area contributed by atoms with Crippen LogP contribution in [-0.2, 0) is 0 Å². The largest absolute Gasteiger partial charge is 0.316 e. The fourth-order valence-electron chi connectivity index (χ4n) is 5.90. The topological polar surface area (TPSA) is 24.1 Å². The summed E-state index contributed by atoms with van der Waals surface area (Å²) in [7, 11) is 3.34. The maximum atomic E-state index is 3.67. The van der Waals surface area contributed by atoms with E-state index in [1.165, 1.54) is 64.4 Å². The van der Waals surface area contributed by atoms with Gasteiger partial charge in [-0.1, -0.05) is 67.2 Å². The summed E-state index contributed by atoms with van der Waals surface area (Å²) < 4.78 is 0. The van der Waals surface area contributed by atoms with Gasteiger partial charge in [0.1, 0.15) is 0 Å². The summed E-state index contributed by atoms with van der Waals surface area (Å²) in [5, 5.41) is 8.47. The Hall–Kier alpha value is 0.260. The quantitative estimate of drug-likeness (QED) is 0.438. The molecule has 1 aliphatic carbocycles. The fourth-order valence-corrected chi connectivity index (χ4v) is 10.7. The Labute approximate surface area is 184 Å². The van der Waals surface area contributed by atoms with Crippen LogP contribution in [0.3, 0.4) is 0 Å². The third kappa shape index (κ3) is 4.72. The van der Waals surface area contributed by atoms with Crippen molar-refractivity contribution in [2.45, 2.75) is 89.1 Å². The van der Waals surface area contributed by atoms with E-state index in [2.05, 4.69) is 73.6 Å². The molecule has 29 heavy (non-hydrogen) atoms. The summed E-state index contributed by atoms with van der Waals surface area (Å²) in [5.74, 6) is 1.51. The van der Waals surface area contributed by atoms with Crippen LogP contribution in [0, 0.1) is 11.8 Å². The molecule has 4 heteroatoms. The maximum Gasteiger partial charge on any atom is 0.0147 e. The molecule has 2 fully saturated rings. The molecule has 0 aromatic heterocycles. The molecular formula is C25H46N2P2. The lowest BCUT2D eigenvalue weighted by Gasteiger charge is -2.47. The van der Waals surface area contributed by atoms with Gasteiger partial charge in [-0.15, -0.1) is 9.24 Å². The van der Waals surface area contributed by atoms with Gasteiger partial charge < -0.3 is 10.6 Å². The number of rotatable bonds is 9. The van der Waals surface area contributed by atoms with E-state index < -0.39 is 0 Å². The van der Waals surface area contributed by atoms with Gasteiger partial charge in [-0.05, 0) is 92.2 Å². The number of hydrogen-bond acceptors (Lipinski definition) is 2. The van der Waals surface area contributed by atoms with Gasteiger partial charge in [0, 0.05) is 5.16 Å². The predicted molar refractivity (Wildman–Crippen MR) is 136 cm³/mol. The third-order valence-electron chi connectivity index (χ3n) is 8.54. The Morgan fingerprint density at radius 3 is 1.90 bits per heavy atom. The Morgan fingerprint density at radius 2 is 1.48 bits per heavy atom. The second kappa shape index (κ2) is 9.40. The SMILES string of the molecule is CCC(C)(C)P(CC1=C(C(P)(C2CCNC2)C2CCNC2)CC=C1)C(C)(C)CC. The van der Waals surface area contributed by atoms with Gasteiger partial charge in [-0.2, -0.15) is 0 Å². The minimum Gasteiger partial charge on any atom is -0.316 e. The standard InChI is InChI=1S/C25H46N2P2/c1-7-23(3,4)29(24(5,6)8-2)18-19-10-9-11-22(19)25(28,20-12-14-26-16-20)21-13-15-27-17-21/h9-10,20-21,26-27H,7-8,11-18,28H2,1-6H3. The molecule has 0 spiro atoms. The van der Waals surface area contributed by atoms with Crippen molar-refractivity contribution in [2.24, 2.45) is 11.8 Å². The first-order valence-electron chi connectivity index (χ1n) is 12.0. The van der Waals surface area contributed by atoms with E-state index >= 15 is 0 Å². The van der Waals surface area contributed by atoms with Crippen molar-refractivity contribution in [1.29, 1.82) is 0 Å². The van der Waals surface area contributed by atoms with E-state index in [1.807, 2.05) is 0 Å². The first-order chi connectivity index (χ1) is 13.7. The molecule has 166 valence electrons. The molecule has 2 saturated heterocycles. The first kappa shape index (κ1) is 23.9. The van der Waals surface area contributed by atoms with Crippen LogP contribution in [-0.4, -0.2) is 47.8 Å². The monoisotopic (exact) mass is 436 g/mol. The van der Waals surface area contributed by atoms with E-state index in [4.69, 9.17) is 0 Å². The van der Waals surface area contributed by atoms with Gasteiger partial charge in [0.2, 0.25) is 0 Å². The molecule has 0 aromatic carbocycles. The van der Waals surface area contributed by atoms with E-state index in [0.29, 0.717) is 10.3 Å². The molecule has 0 bridgehead atoms. The van der Waals surface area contributed by atoms with E-state index in [9.17, 15) is 0 Å². The molecule has 0 aromatic rings. The van der Waals surface area contributed by atoms with Crippen molar-refractivity contribution < 1.29 is 0 Å². The van der Waals surface area contributed by atoms with Crippen molar-refractivity contribution in [3.8, 4) is 0 Å². The summed E-state index contributed by atoms with van der Waals surface area (Å²) in [5.41, 5.74) is 3.48. The summed E-state index contributed by atoms with van der Waals surface area (Å²) in [6.07, 6.45) is 12.7. The van der Waals surface area contributed by atoms with Gasteiger partial charge in [-0.25, -0.2) is 0 Å². The third-order valence-corrected chi connectivity index (χ3v) is 14.0. The van der Waals surface area contributed by atoms with Gasteiger partial charge >= 0.3 is 0 Å². The summed E-state index contributed by atoms with van der Waals surface area (Å²) in [6, 6.07) is 0. The second-order valence-electron chi connectivity index (χ2n) is 10.8. The highest BCUT2D eigenvalue weighted by Crippen LogP contribution is 2.64. The van der Waals surface area contributed by atoms with Crippen molar-refractivity contribution in [2.75, 3.05) is 32.3 Å². The zero-order chi connectivity index (χ0) is 21.3. The van der Waals surface area contributed by atoms with Crippen LogP contribution in [0.5, 0.6) is 0 Å². The molecule has 3 atom stereocenters. The lowest BCUT2D eigenvalue weighted by atomic mass is 9.73. The molecule has 3 rings (SSSR count). The number of allylic oxidation sites excluding steroid dienone is 4. The van der Waals surface area contributed by atoms with Crippen molar-refractivity contribution in [1.82, 2.24) is 10.6 Å². The van der Waals surface area contributed by atoms with E-state index in [-0.39, 0.29) is 13.1 Å². The van der Waals surface area contributed by atoms with Crippen LogP contribution in [0.25, 0.3) is 0 Å². The fraction of sp³-hybridized carbons (Fsp3) is 0.840. The molecule has 0 amide bonds. The second-order valence-corrected chi connectivity index (χ2v) is 15.4. The molecule has 3 unspecified atom stereocenters. The smallest absolute Gasteiger partial charge is 0.0147 e. The highest BCUT2D eigenvalue weighted by Gasteiger charge is 2.48. The predicted octanol–water partition coefficient (Wildman–Crippen LogP) is 5.93. The van der Waals surface area contributed by atoms with Crippen LogP contribution >= 0.6 is 17.2 Å². The average molecular weight is 437 g/mol. The number of hydrogen-bond donors (Lipinski definition) is 2. The van der Waals surface area contributed by atoms with Gasteiger partial charge in [0.15, 0.2) is 0 Å². The lowest BCUT2D eigenvalue weighted by molar-refractivity contribution is 0.332. The van der Waals surface area contributed by atoms with Gasteiger partial charge in [0.05, 0.1) is 0 Å². The average Bonchev–Trinajstić information content (AvgIpc) is 3.47. The minimum atomic E-state index is -0.106. The van der Waals surface area contributed by atoms with Crippen LogP contribution < -0.4 is 10.6 Å². The summed E-state index contributed by atoms with van der Waals surface area (Å²) in [4.78, 5) is 0. The molecule has 0 saturated carbocycles. The summed E-state index contributed by atoms with van der Waals surface area (Å²) >= 11 is 0. The lowest BCUT2D eigenvalue weighted by Crippen LogP contribution is -2.44. The highest BCUT2D eigenvalue weighted by atomic mass is 31.1. The van der Waals surface area contributed by atoms with Crippen molar-refractivity contribution >= 4 is 17.2 Å². The Bertz CT molecular complexity index is 591. The molecule has 2 heterocycles. The van der Waals surface area contributed by atoms with Crippen LogP contribution in [0.2, 0.25) is 0 Å². The Morgan fingerprint density at radius 1 is 0.966 bits per heavy atom. The molecular weight excluding hydrogens is 390 g/mol. The first-order valence-corrected chi connectivity index (χ1v) is 14.1. The Balaban J connectivity index is 1.99. The molecule has 2 nitrogen and oxygen atoms in total. The molecule has 2 aliphatic heterocycles. The molecule has 2 N–H and O–H groups in total. The zero-order valence-electron chi connectivity index (χ0n) is 19.9. The van der Waals surface area contributed by atoms with E-state index in [1.54, 1.807) is 11.1 Å². The number of nitrogens with one attached hydrogen (secondary N) is 2. The summed E-state index contributed by atoms with van der Waals surface area (Å²) in [6.45, 7) is 19.7. The van der Waals surface area contributed by atoms with Gasteiger partial charge in [-0.3, -0.25) is 0 Å². The Kier molecular flexibility index (Phi) is 7.75. The zero-order valence-corrected chi connectivity index (χ0v) is 22.0. The van der Waals surface area contributed by atoms with E-state index in [0.717, 1.165) is 11.8 Å².